The highest BCUT2D eigenvalue weighted by atomic mass is 32.1. The molecule has 0 saturated carbocycles. The molecule has 2 heterocycles. The zero-order valence-corrected chi connectivity index (χ0v) is 21.4. The predicted octanol–water partition coefficient (Wildman–Crippen LogP) is 5.18. The maximum Gasteiger partial charge on any atom is 0.311 e. The second kappa shape index (κ2) is 10.7. The first kappa shape index (κ1) is 24.4. The molecule has 7 heteroatoms. The van der Waals surface area contributed by atoms with Crippen molar-refractivity contribution in [1.82, 2.24) is 15.1 Å². The van der Waals surface area contributed by atoms with Gasteiger partial charge in [-0.15, -0.1) is 10.2 Å². The lowest BCUT2D eigenvalue weighted by molar-refractivity contribution is -0.151. The van der Waals surface area contributed by atoms with E-state index in [1.807, 2.05) is 19.9 Å². The lowest BCUT2D eigenvalue weighted by atomic mass is 9.95. The summed E-state index contributed by atoms with van der Waals surface area (Å²) >= 11 is 1.63. The van der Waals surface area contributed by atoms with E-state index in [4.69, 9.17) is 9.47 Å². The smallest absolute Gasteiger partial charge is 0.311 e. The van der Waals surface area contributed by atoms with Crippen molar-refractivity contribution in [2.75, 3.05) is 26.7 Å². The van der Waals surface area contributed by atoms with Gasteiger partial charge in [0.1, 0.15) is 15.8 Å². The van der Waals surface area contributed by atoms with Gasteiger partial charge in [-0.1, -0.05) is 36.5 Å². The highest BCUT2D eigenvalue weighted by Crippen LogP contribution is 2.35. The normalized spacial score (nSPS) is 14.3. The summed E-state index contributed by atoms with van der Waals surface area (Å²) in [6.45, 7) is 10.8. The maximum atomic E-state index is 11.6. The van der Waals surface area contributed by atoms with Gasteiger partial charge in [0.2, 0.25) is 0 Å². The molecule has 1 saturated heterocycles. The molecule has 1 aliphatic heterocycles. The van der Waals surface area contributed by atoms with E-state index < -0.39 is 0 Å². The van der Waals surface area contributed by atoms with Crippen LogP contribution in [0.25, 0.3) is 21.1 Å². The van der Waals surface area contributed by atoms with Crippen molar-refractivity contribution in [3.63, 3.8) is 0 Å². The number of nitrogens with zero attached hydrogens (tertiary/aromatic N) is 3. The van der Waals surface area contributed by atoms with Gasteiger partial charge in [-0.2, -0.15) is 0 Å². The van der Waals surface area contributed by atoms with Gasteiger partial charge in [0.25, 0.3) is 0 Å². The average Bonchev–Trinajstić information content (AvgIpc) is 3.28. The van der Waals surface area contributed by atoms with Gasteiger partial charge in [-0.3, -0.25) is 4.79 Å². The lowest BCUT2D eigenvalue weighted by Crippen LogP contribution is -2.51. The standard InChI is InChI=1S/C27H33N3O3S/c1-6-22-19(12-13-30-15-21(16-30)27(31)32-5)8-7-9-23(22)26-29-28-25(34-26)20-10-11-24(18(4)14-20)33-17(2)3/h7-11,14,17,21H,6,12-13,15-16H2,1-5H3. The quantitative estimate of drug-likeness (QED) is 0.394. The molecule has 3 aromatic rings. The van der Waals surface area contributed by atoms with E-state index in [0.717, 1.165) is 64.9 Å². The van der Waals surface area contributed by atoms with Crippen LogP contribution in [0.2, 0.25) is 0 Å². The Bertz CT molecular complexity index is 1150. The minimum atomic E-state index is -0.100. The molecule has 0 bridgehead atoms. The van der Waals surface area contributed by atoms with Crippen LogP contribution in [0.4, 0.5) is 0 Å². The first-order valence-corrected chi connectivity index (χ1v) is 12.7. The summed E-state index contributed by atoms with van der Waals surface area (Å²) in [6, 6.07) is 12.7. The van der Waals surface area contributed by atoms with Gasteiger partial charge >= 0.3 is 5.97 Å². The fourth-order valence-electron chi connectivity index (χ4n) is 4.45. The van der Waals surface area contributed by atoms with Crippen LogP contribution >= 0.6 is 11.3 Å². The number of aryl methyl sites for hydroxylation is 1. The van der Waals surface area contributed by atoms with Crippen LogP contribution in [0, 0.1) is 12.8 Å². The van der Waals surface area contributed by atoms with E-state index in [1.54, 1.807) is 11.3 Å². The topological polar surface area (TPSA) is 64.6 Å². The average molecular weight is 480 g/mol. The van der Waals surface area contributed by atoms with Crippen molar-refractivity contribution in [2.24, 2.45) is 5.92 Å². The minimum absolute atomic E-state index is 0.0245. The molecule has 1 aromatic heterocycles. The summed E-state index contributed by atoms with van der Waals surface area (Å²) < 4.78 is 10.7. The van der Waals surface area contributed by atoms with Crippen LogP contribution in [0.5, 0.6) is 5.75 Å². The molecule has 180 valence electrons. The molecule has 0 spiro atoms. The number of ether oxygens (including phenoxy) is 2. The summed E-state index contributed by atoms with van der Waals surface area (Å²) in [7, 11) is 1.46. The van der Waals surface area contributed by atoms with E-state index in [0.29, 0.717) is 0 Å². The Balaban J connectivity index is 1.49. The number of esters is 1. The van der Waals surface area contributed by atoms with Gasteiger partial charge in [-0.05, 0) is 68.5 Å². The Hall–Kier alpha value is -2.77. The summed E-state index contributed by atoms with van der Waals surface area (Å²) in [6.07, 6.45) is 2.03. The van der Waals surface area contributed by atoms with Crippen LogP contribution in [0.15, 0.2) is 36.4 Å². The van der Waals surface area contributed by atoms with Crippen LogP contribution in [0.1, 0.15) is 37.5 Å². The molecule has 0 aliphatic carbocycles. The molecule has 0 atom stereocenters. The molecule has 34 heavy (non-hydrogen) atoms. The van der Waals surface area contributed by atoms with Gasteiger partial charge < -0.3 is 14.4 Å². The third-order valence-electron chi connectivity index (χ3n) is 6.26. The van der Waals surface area contributed by atoms with Gasteiger partial charge in [0.15, 0.2) is 0 Å². The van der Waals surface area contributed by atoms with Crippen molar-refractivity contribution in [3.05, 3.63) is 53.1 Å². The number of hydrogen-bond acceptors (Lipinski definition) is 7. The monoisotopic (exact) mass is 479 g/mol. The number of likely N-dealkylation sites (tertiary alicyclic amines) is 1. The van der Waals surface area contributed by atoms with Crippen molar-refractivity contribution in [2.45, 2.75) is 46.6 Å². The first-order chi connectivity index (χ1) is 16.4. The molecule has 1 fully saturated rings. The molecule has 2 aromatic carbocycles. The molecular formula is C27H33N3O3S. The number of carbonyl (C=O) groups is 1. The van der Waals surface area contributed by atoms with Crippen molar-refractivity contribution >= 4 is 17.3 Å². The van der Waals surface area contributed by atoms with Crippen molar-refractivity contribution in [3.8, 4) is 26.9 Å². The van der Waals surface area contributed by atoms with E-state index >= 15 is 0 Å². The fraction of sp³-hybridized carbons (Fsp3) is 0.444. The maximum absolute atomic E-state index is 11.6. The Kier molecular flexibility index (Phi) is 7.63. The molecule has 6 nitrogen and oxygen atoms in total. The second-order valence-electron chi connectivity index (χ2n) is 9.09. The van der Waals surface area contributed by atoms with Crippen LogP contribution in [-0.4, -0.2) is 53.9 Å². The second-order valence-corrected chi connectivity index (χ2v) is 10.1. The van der Waals surface area contributed by atoms with Crippen LogP contribution in [0.3, 0.4) is 0 Å². The van der Waals surface area contributed by atoms with Crippen LogP contribution in [-0.2, 0) is 22.4 Å². The first-order valence-electron chi connectivity index (χ1n) is 11.9. The number of aromatic nitrogens is 2. The molecule has 0 amide bonds. The summed E-state index contributed by atoms with van der Waals surface area (Å²) in [4.78, 5) is 13.9. The van der Waals surface area contributed by atoms with Crippen molar-refractivity contribution in [1.29, 1.82) is 0 Å². The molecule has 0 unspecified atom stereocenters. The van der Waals surface area contributed by atoms with E-state index in [2.05, 4.69) is 59.3 Å². The largest absolute Gasteiger partial charge is 0.491 e. The number of methoxy groups -OCH3 is 1. The molecule has 0 radical (unpaired) electrons. The minimum Gasteiger partial charge on any atom is -0.491 e. The molecule has 4 rings (SSSR count). The number of carbonyl (C=O) groups excluding carboxylic acids is 1. The Labute approximate surface area is 205 Å². The van der Waals surface area contributed by atoms with Crippen LogP contribution < -0.4 is 4.74 Å². The molecule has 0 N–H and O–H groups in total. The van der Waals surface area contributed by atoms with Gasteiger partial charge in [-0.25, -0.2) is 0 Å². The van der Waals surface area contributed by atoms with Gasteiger partial charge in [0, 0.05) is 30.8 Å². The van der Waals surface area contributed by atoms with Crippen molar-refractivity contribution < 1.29 is 14.3 Å². The third-order valence-corrected chi connectivity index (χ3v) is 7.26. The zero-order valence-electron chi connectivity index (χ0n) is 20.6. The summed E-state index contributed by atoms with van der Waals surface area (Å²) in [5.74, 6) is 0.831. The van der Waals surface area contributed by atoms with E-state index in [9.17, 15) is 4.79 Å². The summed E-state index contributed by atoms with van der Waals surface area (Å²) in [5.41, 5.74) is 5.98. The highest BCUT2D eigenvalue weighted by Gasteiger charge is 2.33. The van der Waals surface area contributed by atoms with E-state index in [1.165, 1.54) is 18.2 Å². The van der Waals surface area contributed by atoms with E-state index in [-0.39, 0.29) is 18.0 Å². The predicted molar refractivity (Wildman–Crippen MR) is 136 cm³/mol. The summed E-state index contributed by atoms with van der Waals surface area (Å²) in [5, 5.41) is 10.9. The molecular weight excluding hydrogens is 446 g/mol. The fourth-order valence-corrected chi connectivity index (χ4v) is 5.34. The Morgan fingerprint density at radius 3 is 2.62 bits per heavy atom. The van der Waals surface area contributed by atoms with Gasteiger partial charge in [0.05, 0.1) is 19.1 Å². The number of benzene rings is 2. The third kappa shape index (κ3) is 5.31. The zero-order chi connectivity index (χ0) is 24.2. The Morgan fingerprint density at radius 1 is 1.18 bits per heavy atom. The number of rotatable bonds is 9. The number of hydrogen-bond donors (Lipinski definition) is 0. The Morgan fingerprint density at radius 2 is 1.94 bits per heavy atom. The highest BCUT2D eigenvalue weighted by molar-refractivity contribution is 7.17. The SMILES string of the molecule is CCc1c(CCN2CC(C(=O)OC)C2)cccc1-c1nnc(-c2ccc(OC(C)C)c(C)c2)s1. The lowest BCUT2D eigenvalue weighted by Gasteiger charge is -2.37. The molecule has 1 aliphatic rings.